The maximum Gasteiger partial charge on any atom is 0.122 e. The van der Waals surface area contributed by atoms with Gasteiger partial charge in [0.15, 0.2) is 0 Å². The summed E-state index contributed by atoms with van der Waals surface area (Å²) in [6.45, 7) is 2.99. The lowest BCUT2D eigenvalue weighted by molar-refractivity contribution is -0.301. The van der Waals surface area contributed by atoms with Gasteiger partial charge in [-0.15, -0.1) is 0 Å². The molecule has 1 aromatic rings. The van der Waals surface area contributed by atoms with Crippen LogP contribution in [-0.2, 0) is 29.2 Å². The number of aromatic nitrogens is 1. The van der Waals surface area contributed by atoms with E-state index in [1.807, 2.05) is 6.92 Å². The fraction of sp³-hybridized carbons (Fsp3) is 0.455. The van der Waals surface area contributed by atoms with Crippen molar-refractivity contribution in [1.82, 2.24) is 4.98 Å². The van der Waals surface area contributed by atoms with Crippen LogP contribution in [0.15, 0.2) is 18.2 Å². The van der Waals surface area contributed by atoms with E-state index in [4.69, 9.17) is 9.78 Å². The van der Waals surface area contributed by atoms with Crippen LogP contribution < -0.4 is 0 Å². The zero-order valence-electron chi connectivity index (χ0n) is 8.38. The first-order chi connectivity index (χ1) is 6.90. The van der Waals surface area contributed by atoms with E-state index in [1.54, 1.807) is 0 Å². The van der Waals surface area contributed by atoms with Crippen LogP contribution in [0.2, 0.25) is 0 Å². The van der Waals surface area contributed by atoms with Gasteiger partial charge in [-0.05, 0) is 25.0 Å². The number of fused-ring (bicyclic) bond motifs is 1. The van der Waals surface area contributed by atoms with Gasteiger partial charge in [0.2, 0.25) is 0 Å². The number of hydrogen-bond donors (Lipinski definition) is 1. The highest BCUT2D eigenvalue weighted by Gasteiger charge is 2.08. The second-order valence-corrected chi connectivity index (χ2v) is 3.35. The lowest BCUT2D eigenvalue weighted by Crippen LogP contribution is -1.95. The van der Waals surface area contributed by atoms with E-state index in [0.717, 1.165) is 18.5 Å². The van der Waals surface area contributed by atoms with Crippen LogP contribution in [0.4, 0.5) is 0 Å². The molecule has 0 spiro atoms. The van der Waals surface area contributed by atoms with E-state index in [0.29, 0.717) is 13.2 Å². The smallest absolute Gasteiger partial charge is 0.122 e. The van der Waals surface area contributed by atoms with Crippen molar-refractivity contribution in [1.29, 1.82) is 0 Å². The molecule has 3 nitrogen and oxygen atoms in total. The molecule has 0 aromatic carbocycles. The molecule has 0 fully saturated rings. The Kier molecular flexibility index (Phi) is 3.01. The molecule has 0 saturated heterocycles. The van der Waals surface area contributed by atoms with Crippen molar-refractivity contribution in [3.05, 3.63) is 35.2 Å². The average Bonchev–Trinajstić information content (AvgIpc) is 2.60. The zero-order chi connectivity index (χ0) is 9.80. The van der Waals surface area contributed by atoms with Crippen LogP contribution in [0.3, 0.4) is 0 Å². The Morgan fingerprint density at radius 2 is 2.14 bits per heavy atom. The van der Waals surface area contributed by atoms with E-state index >= 15 is 0 Å². The number of hydrogen-bond acceptors (Lipinski definition) is 2. The first-order valence-corrected chi connectivity index (χ1v) is 4.99. The summed E-state index contributed by atoms with van der Waals surface area (Å²) in [6, 6.07) is 2.15. The van der Waals surface area contributed by atoms with Gasteiger partial charge in [-0.2, -0.15) is 0 Å². The third-order valence-electron chi connectivity index (χ3n) is 2.29. The van der Waals surface area contributed by atoms with Gasteiger partial charge in [-0.25, -0.2) is 9.78 Å². The van der Waals surface area contributed by atoms with Crippen LogP contribution in [0.5, 0.6) is 0 Å². The van der Waals surface area contributed by atoms with Gasteiger partial charge in [-0.1, -0.05) is 12.2 Å². The topological polar surface area (TPSA) is 34.2 Å². The lowest BCUT2D eigenvalue weighted by Gasteiger charge is -2.02. The molecule has 1 heterocycles. The van der Waals surface area contributed by atoms with E-state index in [-0.39, 0.29) is 0 Å². The summed E-state index contributed by atoms with van der Waals surface area (Å²) in [7, 11) is 0. The van der Waals surface area contributed by atoms with Gasteiger partial charge in [0.25, 0.3) is 0 Å². The van der Waals surface area contributed by atoms with Crippen molar-refractivity contribution in [2.75, 3.05) is 6.61 Å². The van der Waals surface area contributed by atoms with Crippen molar-refractivity contribution in [2.24, 2.45) is 0 Å². The standard InChI is InChI=1S/C11H15NO2/c1-2-13-14-8-10-7-9-5-3-4-6-11(9)12-10/h3-4,7,12H,2,5-6,8H2,1H3. The van der Waals surface area contributed by atoms with Gasteiger partial charge in [0.1, 0.15) is 6.61 Å². The number of nitrogens with one attached hydrogen (secondary N) is 1. The summed E-state index contributed by atoms with van der Waals surface area (Å²) in [6.07, 6.45) is 6.42. The van der Waals surface area contributed by atoms with Crippen LogP contribution in [-0.4, -0.2) is 11.6 Å². The highest BCUT2D eigenvalue weighted by molar-refractivity contribution is 5.32. The molecular formula is C11H15NO2. The fourth-order valence-electron chi connectivity index (χ4n) is 1.65. The summed E-state index contributed by atoms with van der Waals surface area (Å²) in [5, 5.41) is 0. The summed E-state index contributed by atoms with van der Waals surface area (Å²) in [5.41, 5.74) is 3.78. The minimum Gasteiger partial charge on any atom is -0.360 e. The molecule has 76 valence electrons. The minimum absolute atomic E-state index is 0.501. The molecule has 0 atom stereocenters. The molecule has 2 rings (SSSR count). The highest BCUT2D eigenvalue weighted by Crippen LogP contribution is 2.17. The van der Waals surface area contributed by atoms with Crippen LogP contribution in [0, 0.1) is 0 Å². The predicted octanol–water partition coefficient (Wildman–Crippen LogP) is 2.14. The normalized spacial score (nSPS) is 14.4. The SMILES string of the molecule is CCOOCc1cc2c([nH]1)CC=CC2. The van der Waals surface area contributed by atoms with Crippen molar-refractivity contribution < 1.29 is 9.78 Å². The third kappa shape index (κ3) is 2.05. The molecule has 0 bridgehead atoms. The largest absolute Gasteiger partial charge is 0.360 e. The number of H-pyrrole nitrogens is 1. The van der Waals surface area contributed by atoms with Crippen molar-refractivity contribution in [3.8, 4) is 0 Å². The Balaban J connectivity index is 1.96. The Bertz CT molecular complexity index is 303. The molecule has 0 amide bonds. The first kappa shape index (κ1) is 9.49. The Labute approximate surface area is 83.7 Å². The number of rotatable bonds is 4. The Morgan fingerprint density at radius 1 is 1.29 bits per heavy atom. The molecule has 0 unspecified atom stereocenters. The van der Waals surface area contributed by atoms with E-state index in [2.05, 4.69) is 23.2 Å². The van der Waals surface area contributed by atoms with Crippen LogP contribution in [0.25, 0.3) is 0 Å². The second-order valence-electron chi connectivity index (χ2n) is 3.35. The van der Waals surface area contributed by atoms with Gasteiger partial charge in [0.05, 0.1) is 6.61 Å². The quantitative estimate of drug-likeness (QED) is 0.344. The summed E-state index contributed by atoms with van der Waals surface area (Å²) >= 11 is 0. The molecule has 14 heavy (non-hydrogen) atoms. The number of allylic oxidation sites excluding steroid dienone is 2. The fourth-order valence-corrected chi connectivity index (χ4v) is 1.65. The molecule has 1 aliphatic rings. The molecule has 3 heteroatoms. The predicted molar refractivity (Wildman–Crippen MR) is 53.8 cm³/mol. The summed E-state index contributed by atoms with van der Waals surface area (Å²) in [4.78, 5) is 13.2. The number of aromatic amines is 1. The molecule has 1 aromatic heterocycles. The highest BCUT2D eigenvalue weighted by atomic mass is 17.2. The van der Waals surface area contributed by atoms with Gasteiger partial charge in [-0.3, -0.25) is 0 Å². The monoisotopic (exact) mass is 193 g/mol. The Hall–Kier alpha value is -1.06. The lowest BCUT2D eigenvalue weighted by atomic mass is 10.1. The minimum atomic E-state index is 0.501. The van der Waals surface area contributed by atoms with Crippen molar-refractivity contribution in [2.45, 2.75) is 26.4 Å². The first-order valence-electron chi connectivity index (χ1n) is 4.99. The maximum absolute atomic E-state index is 4.99. The van der Waals surface area contributed by atoms with Crippen molar-refractivity contribution >= 4 is 0 Å². The molecule has 1 aliphatic carbocycles. The molecule has 1 N–H and O–H groups in total. The van der Waals surface area contributed by atoms with E-state index in [9.17, 15) is 0 Å². The summed E-state index contributed by atoms with van der Waals surface area (Å²) in [5.74, 6) is 0. The van der Waals surface area contributed by atoms with Crippen LogP contribution >= 0.6 is 0 Å². The zero-order valence-corrected chi connectivity index (χ0v) is 8.38. The average molecular weight is 193 g/mol. The second kappa shape index (κ2) is 4.44. The van der Waals surface area contributed by atoms with Gasteiger partial charge < -0.3 is 4.98 Å². The maximum atomic E-state index is 4.99. The molecular weight excluding hydrogens is 178 g/mol. The van der Waals surface area contributed by atoms with Crippen molar-refractivity contribution in [3.63, 3.8) is 0 Å². The van der Waals surface area contributed by atoms with E-state index in [1.165, 1.54) is 11.3 Å². The summed E-state index contributed by atoms with van der Waals surface area (Å²) < 4.78 is 0. The third-order valence-corrected chi connectivity index (χ3v) is 2.29. The van der Waals surface area contributed by atoms with Gasteiger partial charge >= 0.3 is 0 Å². The van der Waals surface area contributed by atoms with Gasteiger partial charge in [0, 0.05) is 17.8 Å². The molecule has 0 radical (unpaired) electrons. The molecule has 0 aliphatic heterocycles. The molecule has 0 saturated carbocycles. The Morgan fingerprint density at radius 3 is 2.93 bits per heavy atom. The van der Waals surface area contributed by atoms with E-state index < -0.39 is 0 Å². The van der Waals surface area contributed by atoms with Crippen LogP contribution in [0.1, 0.15) is 23.9 Å².